The summed E-state index contributed by atoms with van der Waals surface area (Å²) >= 11 is 0. The van der Waals surface area contributed by atoms with Gasteiger partial charge in [0.2, 0.25) is 0 Å². The molecule has 0 atom stereocenters. The molecule has 0 unspecified atom stereocenters. The zero-order valence-corrected chi connectivity index (χ0v) is 11.7. The van der Waals surface area contributed by atoms with Crippen LogP contribution >= 0.6 is 17.0 Å². The van der Waals surface area contributed by atoms with Crippen LogP contribution in [-0.2, 0) is 0 Å². The summed E-state index contributed by atoms with van der Waals surface area (Å²) in [7, 11) is 2.01. The molecule has 0 heterocycles. The van der Waals surface area contributed by atoms with Crippen LogP contribution in [0.4, 0.5) is 0 Å². The van der Waals surface area contributed by atoms with E-state index in [-0.39, 0.29) is 17.0 Å². The van der Waals surface area contributed by atoms with E-state index in [0.29, 0.717) is 0 Å². The smallest absolute Gasteiger partial charge is 0.00519 e. The van der Waals surface area contributed by atoms with Crippen LogP contribution in [0.3, 0.4) is 0 Å². The minimum atomic E-state index is 0. The summed E-state index contributed by atoms with van der Waals surface area (Å²) in [5.74, 6) is 0.777. The molecule has 0 bridgehead atoms. The zero-order chi connectivity index (χ0) is 10.6. The zero-order valence-electron chi connectivity index (χ0n) is 10.0. The van der Waals surface area contributed by atoms with Crippen LogP contribution in [0.5, 0.6) is 0 Å². The largest absolute Gasteiger partial charge is 0.320 e. The van der Waals surface area contributed by atoms with E-state index in [1.165, 1.54) is 25.7 Å². The van der Waals surface area contributed by atoms with Crippen molar-refractivity contribution in [2.45, 2.75) is 38.5 Å². The molecule has 15 heavy (non-hydrogen) atoms. The van der Waals surface area contributed by atoms with Gasteiger partial charge in [0.25, 0.3) is 0 Å². The number of rotatable bonds is 10. The first-order valence-corrected chi connectivity index (χ1v) is 5.71. The van der Waals surface area contributed by atoms with Gasteiger partial charge in [0.15, 0.2) is 0 Å². The van der Waals surface area contributed by atoms with E-state index in [9.17, 15) is 0 Å². The summed E-state index contributed by atoms with van der Waals surface area (Å²) in [5, 5.41) is 3.17. The molecule has 0 saturated carbocycles. The van der Waals surface area contributed by atoms with Crippen molar-refractivity contribution in [2.75, 3.05) is 13.6 Å². The first-order valence-electron chi connectivity index (χ1n) is 5.71. The molecule has 90 valence electrons. The molecule has 0 aromatic heterocycles. The van der Waals surface area contributed by atoms with E-state index in [1.54, 1.807) is 0 Å². The molecule has 0 aromatic rings. The molecule has 0 radical (unpaired) electrons. The minimum Gasteiger partial charge on any atom is -0.320 e. The van der Waals surface area contributed by atoms with Crippen molar-refractivity contribution in [3.8, 4) is 0 Å². The molecule has 0 spiro atoms. The maximum atomic E-state index is 3.80. The van der Waals surface area contributed by atoms with Gasteiger partial charge >= 0.3 is 0 Å². The summed E-state index contributed by atoms with van der Waals surface area (Å²) < 4.78 is 0. The first-order chi connectivity index (χ1) is 6.85. The number of unbranched alkanes of at least 4 members (excludes halogenated alkanes) is 2. The molecule has 2 heteroatoms. The van der Waals surface area contributed by atoms with Crippen molar-refractivity contribution in [3.05, 3.63) is 25.3 Å². The highest BCUT2D eigenvalue weighted by molar-refractivity contribution is 8.93. The molecule has 0 amide bonds. The van der Waals surface area contributed by atoms with Gasteiger partial charge < -0.3 is 5.32 Å². The number of allylic oxidation sites excluding steroid dienone is 2. The summed E-state index contributed by atoms with van der Waals surface area (Å²) in [5.41, 5.74) is 0. The molecule has 0 rings (SSSR count). The van der Waals surface area contributed by atoms with E-state index >= 15 is 0 Å². The maximum Gasteiger partial charge on any atom is -0.00519 e. The highest BCUT2D eigenvalue weighted by Gasteiger charge is 2.03. The van der Waals surface area contributed by atoms with Gasteiger partial charge in [-0.25, -0.2) is 0 Å². The SMILES string of the molecule is Br.C=CCC(CC=C)CCCCCNC. The summed E-state index contributed by atoms with van der Waals surface area (Å²) in [4.78, 5) is 0. The normalized spacial score (nSPS) is 9.73. The third kappa shape index (κ3) is 11.8. The van der Waals surface area contributed by atoms with Crippen LogP contribution in [0.15, 0.2) is 25.3 Å². The Morgan fingerprint density at radius 1 is 1.07 bits per heavy atom. The van der Waals surface area contributed by atoms with E-state index in [2.05, 4.69) is 18.5 Å². The fourth-order valence-corrected chi connectivity index (χ4v) is 1.71. The third-order valence-corrected chi connectivity index (χ3v) is 2.54. The van der Waals surface area contributed by atoms with Crippen LogP contribution in [0, 0.1) is 5.92 Å². The van der Waals surface area contributed by atoms with E-state index in [0.717, 1.165) is 25.3 Å². The van der Waals surface area contributed by atoms with E-state index < -0.39 is 0 Å². The average Bonchev–Trinajstić information content (AvgIpc) is 2.18. The first kappa shape index (κ1) is 17.3. The lowest BCUT2D eigenvalue weighted by Crippen LogP contribution is -2.07. The summed E-state index contributed by atoms with van der Waals surface area (Å²) in [6.07, 6.45) is 11.6. The molecular formula is C13H26BrN. The fraction of sp³-hybridized carbons (Fsp3) is 0.692. The second kappa shape index (κ2) is 13.9. The standard InChI is InChI=1S/C13H25N.BrH/c1-4-9-13(10-5-2)11-7-6-8-12-14-3;/h4-5,13-14H,1-2,6-12H2,3H3;1H. The highest BCUT2D eigenvalue weighted by Crippen LogP contribution is 2.18. The van der Waals surface area contributed by atoms with E-state index in [4.69, 9.17) is 0 Å². The molecule has 0 aliphatic heterocycles. The van der Waals surface area contributed by atoms with Crippen molar-refractivity contribution in [1.29, 1.82) is 0 Å². The molecule has 0 aromatic carbocycles. The molecule has 0 aliphatic carbocycles. The van der Waals surface area contributed by atoms with E-state index in [1.807, 2.05) is 19.2 Å². The van der Waals surface area contributed by atoms with Crippen LogP contribution < -0.4 is 5.32 Å². The second-order valence-electron chi connectivity index (χ2n) is 3.87. The Morgan fingerprint density at radius 3 is 2.13 bits per heavy atom. The Kier molecular flexibility index (Phi) is 16.1. The quantitative estimate of drug-likeness (QED) is 0.467. The Hall–Kier alpha value is -0.0800. The Morgan fingerprint density at radius 2 is 1.67 bits per heavy atom. The lowest BCUT2D eigenvalue weighted by Gasteiger charge is -2.12. The van der Waals surface area contributed by atoms with Crippen molar-refractivity contribution in [2.24, 2.45) is 5.92 Å². The molecule has 1 N–H and O–H groups in total. The summed E-state index contributed by atoms with van der Waals surface area (Å²) in [6.45, 7) is 8.74. The number of halogens is 1. The predicted molar refractivity (Wildman–Crippen MR) is 75.8 cm³/mol. The molecule has 0 saturated heterocycles. The molecular weight excluding hydrogens is 250 g/mol. The van der Waals surface area contributed by atoms with Gasteiger partial charge in [0.05, 0.1) is 0 Å². The molecule has 1 nitrogen and oxygen atoms in total. The average molecular weight is 276 g/mol. The molecule has 0 fully saturated rings. The summed E-state index contributed by atoms with van der Waals surface area (Å²) in [6, 6.07) is 0. The molecule has 0 aliphatic rings. The van der Waals surface area contributed by atoms with Gasteiger partial charge in [-0.15, -0.1) is 30.1 Å². The number of nitrogens with one attached hydrogen (secondary N) is 1. The van der Waals surface area contributed by atoms with Crippen LogP contribution in [0.25, 0.3) is 0 Å². The van der Waals surface area contributed by atoms with Gasteiger partial charge in [-0.1, -0.05) is 25.0 Å². The topological polar surface area (TPSA) is 12.0 Å². The predicted octanol–water partition coefficient (Wildman–Crippen LogP) is 4.11. The van der Waals surface area contributed by atoms with Crippen LogP contribution in [0.1, 0.15) is 38.5 Å². The second-order valence-corrected chi connectivity index (χ2v) is 3.87. The van der Waals surface area contributed by atoms with Crippen molar-refractivity contribution in [1.82, 2.24) is 5.32 Å². The van der Waals surface area contributed by atoms with Crippen molar-refractivity contribution >= 4 is 17.0 Å². The van der Waals surface area contributed by atoms with Crippen molar-refractivity contribution in [3.63, 3.8) is 0 Å². The Balaban J connectivity index is 0. The van der Waals surface area contributed by atoms with Crippen molar-refractivity contribution < 1.29 is 0 Å². The van der Waals surface area contributed by atoms with Crippen LogP contribution in [0.2, 0.25) is 0 Å². The van der Waals surface area contributed by atoms with Gasteiger partial charge in [0.1, 0.15) is 0 Å². The van der Waals surface area contributed by atoms with Gasteiger partial charge in [-0.2, -0.15) is 0 Å². The van der Waals surface area contributed by atoms with Gasteiger partial charge in [-0.3, -0.25) is 0 Å². The minimum absolute atomic E-state index is 0. The Bertz CT molecular complexity index is 135. The number of hydrogen-bond acceptors (Lipinski definition) is 1. The lowest BCUT2D eigenvalue weighted by atomic mass is 9.94. The lowest BCUT2D eigenvalue weighted by molar-refractivity contribution is 0.462. The highest BCUT2D eigenvalue weighted by atomic mass is 79.9. The number of hydrogen-bond donors (Lipinski definition) is 1. The van der Waals surface area contributed by atoms with Gasteiger partial charge in [0, 0.05) is 0 Å². The van der Waals surface area contributed by atoms with Gasteiger partial charge in [-0.05, 0) is 45.2 Å². The fourth-order valence-electron chi connectivity index (χ4n) is 1.71. The third-order valence-electron chi connectivity index (χ3n) is 2.54. The van der Waals surface area contributed by atoms with Crippen LogP contribution in [-0.4, -0.2) is 13.6 Å². The maximum absolute atomic E-state index is 3.80. The monoisotopic (exact) mass is 275 g/mol. The Labute approximate surface area is 106 Å².